The summed E-state index contributed by atoms with van der Waals surface area (Å²) in [6, 6.07) is 6.44. The van der Waals surface area contributed by atoms with Crippen LogP contribution in [0.15, 0.2) is 24.3 Å². The van der Waals surface area contributed by atoms with Gasteiger partial charge in [0.15, 0.2) is 0 Å². The van der Waals surface area contributed by atoms with Gasteiger partial charge in [0.2, 0.25) is 0 Å². The van der Waals surface area contributed by atoms with Gasteiger partial charge in [-0.2, -0.15) is 0 Å². The number of hydrogen-bond acceptors (Lipinski definition) is 2. The summed E-state index contributed by atoms with van der Waals surface area (Å²) in [5, 5.41) is 9.57. The van der Waals surface area contributed by atoms with Gasteiger partial charge in [-0.1, -0.05) is 23.7 Å². The predicted molar refractivity (Wildman–Crippen MR) is 58.0 cm³/mol. The molecule has 1 aliphatic rings. The van der Waals surface area contributed by atoms with Crippen LogP contribution in [0.5, 0.6) is 0 Å². The van der Waals surface area contributed by atoms with Crippen molar-refractivity contribution in [2.24, 2.45) is 5.73 Å². The summed E-state index contributed by atoms with van der Waals surface area (Å²) >= 11 is 5.78. The van der Waals surface area contributed by atoms with E-state index in [-0.39, 0.29) is 5.41 Å². The molecule has 80 valence electrons. The Labute approximate surface area is 92.8 Å². The van der Waals surface area contributed by atoms with Gasteiger partial charge in [0.25, 0.3) is 0 Å². The van der Waals surface area contributed by atoms with Gasteiger partial charge in [0.05, 0.1) is 0 Å². The molecule has 2 rings (SSSR count). The summed E-state index contributed by atoms with van der Waals surface area (Å²) in [5.41, 5.74) is 6.30. The average molecular weight is 226 g/mol. The number of rotatable bonds is 3. The normalized spacial score (nSPS) is 19.6. The molecule has 1 unspecified atom stereocenters. The number of benzene rings is 1. The zero-order chi connectivity index (χ0) is 11.1. The highest BCUT2D eigenvalue weighted by Gasteiger charge is 2.52. The fraction of sp³-hybridized carbons (Fsp3) is 0.364. The lowest BCUT2D eigenvalue weighted by atomic mass is 9.88. The maximum absolute atomic E-state index is 10.9. The Kier molecular flexibility index (Phi) is 2.44. The molecule has 0 aromatic heterocycles. The third-order valence-electron chi connectivity index (χ3n) is 3.07. The molecule has 0 radical (unpaired) electrons. The van der Waals surface area contributed by atoms with Crippen LogP contribution in [-0.2, 0) is 10.2 Å². The molecule has 0 aliphatic heterocycles. The number of hydrogen-bond donors (Lipinski definition) is 2. The number of aliphatic carboxylic acids is 1. The first-order chi connectivity index (χ1) is 7.06. The van der Waals surface area contributed by atoms with Crippen LogP contribution in [0.1, 0.15) is 18.4 Å². The highest BCUT2D eigenvalue weighted by Crippen LogP contribution is 2.50. The largest absolute Gasteiger partial charge is 0.480 e. The van der Waals surface area contributed by atoms with E-state index in [1.165, 1.54) is 0 Å². The number of nitrogens with two attached hydrogens (primary N) is 1. The van der Waals surface area contributed by atoms with Crippen molar-refractivity contribution in [3.8, 4) is 0 Å². The quantitative estimate of drug-likeness (QED) is 0.824. The molecule has 0 spiro atoms. The molecule has 3 N–H and O–H groups in total. The van der Waals surface area contributed by atoms with Gasteiger partial charge in [-0.25, -0.2) is 0 Å². The SMILES string of the molecule is NC(C(=O)O)C1(c2ccc(Cl)cc2)CC1. The van der Waals surface area contributed by atoms with Crippen LogP contribution in [0.4, 0.5) is 0 Å². The molecule has 15 heavy (non-hydrogen) atoms. The van der Waals surface area contributed by atoms with Gasteiger partial charge < -0.3 is 10.8 Å². The minimum absolute atomic E-state index is 0.365. The van der Waals surface area contributed by atoms with Crippen molar-refractivity contribution < 1.29 is 9.90 Å². The Morgan fingerprint density at radius 3 is 2.33 bits per heavy atom. The summed E-state index contributed by atoms with van der Waals surface area (Å²) in [7, 11) is 0. The second-order valence-electron chi connectivity index (χ2n) is 3.98. The van der Waals surface area contributed by atoms with Crippen LogP contribution in [0.2, 0.25) is 5.02 Å². The first-order valence-corrected chi connectivity index (χ1v) is 5.18. The molecule has 1 atom stereocenters. The molecule has 4 heteroatoms. The van der Waals surface area contributed by atoms with E-state index in [2.05, 4.69) is 0 Å². The molecule has 1 saturated carbocycles. The fourth-order valence-electron chi connectivity index (χ4n) is 1.93. The lowest BCUT2D eigenvalue weighted by Crippen LogP contribution is -2.41. The topological polar surface area (TPSA) is 63.3 Å². The van der Waals surface area contributed by atoms with Crippen LogP contribution >= 0.6 is 11.6 Å². The number of carboxylic acids is 1. The smallest absolute Gasteiger partial charge is 0.321 e. The van der Waals surface area contributed by atoms with E-state index in [1.54, 1.807) is 12.1 Å². The summed E-state index contributed by atoms with van der Waals surface area (Å²) in [6.45, 7) is 0. The Morgan fingerprint density at radius 2 is 1.93 bits per heavy atom. The maximum Gasteiger partial charge on any atom is 0.321 e. The van der Waals surface area contributed by atoms with Crippen molar-refractivity contribution in [2.75, 3.05) is 0 Å². The van der Waals surface area contributed by atoms with Crippen molar-refractivity contribution in [2.45, 2.75) is 24.3 Å². The van der Waals surface area contributed by atoms with Gasteiger partial charge >= 0.3 is 5.97 Å². The molecule has 0 heterocycles. The standard InChI is InChI=1S/C11H12ClNO2/c12-8-3-1-7(2-4-8)11(5-6-11)9(13)10(14)15/h1-4,9H,5-6,13H2,(H,14,15). The van der Waals surface area contributed by atoms with E-state index >= 15 is 0 Å². The Hall–Kier alpha value is -1.06. The first kappa shape index (κ1) is 10.5. The van der Waals surface area contributed by atoms with E-state index in [0.717, 1.165) is 18.4 Å². The van der Waals surface area contributed by atoms with Crippen molar-refractivity contribution >= 4 is 17.6 Å². The molecule has 0 amide bonds. The first-order valence-electron chi connectivity index (χ1n) is 4.81. The van der Waals surface area contributed by atoms with E-state index in [1.807, 2.05) is 12.1 Å². The van der Waals surface area contributed by atoms with E-state index in [0.29, 0.717) is 5.02 Å². The van der Waals surface area contributed by atoms with Gasteiger partial charge in [0, 0.05) is 10.4 Å². The summed E-state index contributed by atoms with van der Waals surface area (Å²) in [5.74, 6) is -0.942. The monoisotopic (exact) mass is 225 g/mol. The Morgan fingerprint density at radius 1 is 1.40 bits per heavy atom. The second kappa shape index (κ2) is 3.51. The lowest BCUT2D eigenvalue weighted by molar-refractivity contribution is -0.139. The van der Waals surface area contributed by atoms with Crippen molar-refractivity contribution in [3.05, 3.63) is 34.9 Å². The maximum atomic E-state index is 10.9. The molecule has 1 aromatic rings. The van der Waals surface area contributed by atoms with Crippen LogP contribution in [0.3, 0.4) is 0 Å². The number of halogens is 1. The van der Waals surface area contributed by atoms with E-state index in [4.69, 9.17) is 22.4 Å². The molecular weight excluding hydrogens is 214 g/mol. The molecule has 0 saturated heterocycles. The third kappa shape index (κ3) is 1.73. The molecular formula is C11H12ClNO2. The molecule has 0 bridgehead atoms. The predicted octanol–water partition coefficient (Wildman–Crippen LogP) is 1.78. The molecule has 1 fully saturated rings. The minimum Gasteiger partial charge on any atom is -0.480 e. The molecule has 1 aliphatic carbocycles. The van der Waals surface area contributed by atoms with Gasteiger partial charge in [0.1, 0.15) is 6.04 Å². The summed E-state index contributed by atoms with van der Waals surface area (Å²) < 4.78 is 0. The van der Waals surface area contributed by atoms with Crippen LogP contribution in [-0.4, -0.2) is 17.1 Å². The highest BCUT2D eigenvalue weighted by molar-refractivity contribution is 6.30. The van der Waals surface area contributed by atoms with Crippen LogP contribution in [0.25, 0.3) is 0 Å². The van der Waals surface area contributed by atoms with Crippen molar-refractivity contribution in [1.29, 1.82) is 0 Å². The van der Waals surface area contributed by atoms with Gasteiger partial charge in [-0.15, -0.1) is 0 Å². The van der Waals surface area contributed by atoms with Crippen LogP contribution < -0.4 is 5.73 Å². The Balaban J connectivity index is 2.30. The van der Waals surface area contributed by atoms with Gasteiger partial charge in [-0.05, 0) is 30.5 Å². The second-order valence-corrected chi connectivity index (χ2v) is 4.42. The molecule has 1 aromatic carbocycles. The Bertz CT molecular complexity index is 384. The average Bonchev–Trinajstić information content (AvgIpc) is 2.99. The lowest BCUT2D eigenvalue weighted by Gasteiger charge is -2.20. The number of carboxylic acid groups (broad SMARTS) is 1. The zero-order valence-corrected chi connectivity index (χ0v) is 8.87. The summed E-state index contributed by atoms with van der Waals surface area (Å²) in [6.07, 6.45) is 1.67. The zero-order valence-electron chi connectivity index (χ0n) is 8.11. The van der Waals surface area contributed by atoms with Crippen molar-refractivity contribution in [1.82, 2.24) is 0 Å². The molecule has 3 nitrogen and oxygen atoms in total. The van der Waals surface area contributed by atoms with Gasteiger partial charge in [-0.3, -0.25) is 4.79 Å². The minimum atomic E-state index is -0.942. The fourth-order valence-corrected chi connectivity index (χ4v) is 2.06. The van der Waals surface area contributed by atoms with Crippen molar-refractivity contribution in [3.63, 3.8) is 0 Å². The summed E-state index contributed by atoms with van der Waals surface area (Å²) in [4.78, 5) is 10.9. The van der Waals surface area contributed by atoms with E-state index in [9.17, 15) is 4.79 Å². The third-order valence-corrected chi connectivity index (χ3v) is 3.32. The highest BCUT2D eigenvalue weighted by atomic mass is 35.5. The number of carbonyl (C=O) groups is 1. The van der Waals surface area contributed by atoms with Crippen LogP contribution in [0, 0.1) is 0 Å². The van der Waals surface area contributed by atoms with E-state index < -0.39 is 12.0 Å².